The standard InChI is InChI=1S/C25H26N2O3/c1-3-20-15-19(2)16-24(17-20)30-14-13-29-23-11-9-21(10-12-23)18-26-27-25(28)22-7-5-4-6-8-22/h4-12,15-18H,3,13-14H2,1-2H3,(H,27,28)/b26-18-. The molecule has 30 heavy (non-hydrogen) atoms. The summed E-state index contributed by atoms with van der Waals surface area (Å²) < 4.78 is 11.5. The second kappa shape index (κ2) is 10.8. The van der Waals surface area contributed by atoms with Crippen molar-refractivity contribution in [1.82, 2.24) is 5.43 Å². The maximum Gasteiger partial charge on any atom is 0.271 e. The molecular formula is C25H26N2O3. The lowest BCUT2D eigenvalue weighted by atomic mass is 10.1. The topological polar surface area (TPSA) is 59.9 Å². The van der Waals surface area contributed by atoms with Gasteiger partial charge in [-0.3, -0.25) is 4.79 Å². The van der Waals surface area contributed by atoms with Gasteiger partial charge >= 0.3 is 0 Å². The molecule has 0 saturated heterocycles. The fraction of sp³-hybridized carbons (Fsp3) is 0.200. The van der Waals surface area contributed by atoms with Gasteiger partial charge in [0.25, 0.3) is 5.91 Å². The smallest absolute Gasteiger partial charge is 0.271 e. The van der Waals surface area contributed by atoms with Gasteiger partial charge in [-0.25, -0.2) is 5.43 Å². The summed E-state index contributed by atoms with van der Waals surface area (Å²) in [5.74, 6) is 1.38. The van der Waals surface area contributed by atoms with E-state index in [1.807, 2.05) is 48.5 Å². The molecule has 0 radical (unpaired) electrons. The van der Waals surface area contributed by atoms with Crippen LogP contribution in [0.4, 0.5) is 0 Å². The van der Waals surface area contributed by atoms with E-state index in [2.05, 4.69) is 36.5 Å². The summed E-state index contributed by atoms with van der Waals surface area (Å²) in [7, 11) is 0. The van der Waals surface area contributed by atoms with Gasteiger partial charge in [-0.1, -0.05) is 31.2 Å². The Morgan fingerprint density at radius 1 is 0.933 bits per heavy atom. The van der Waals surface area contributed by atoms with E-state index in [0.717, 1.165) is 23.5 Å². The number of hydrogen-bond donors (Lipinski definition) is 1. The number of hydrogen-bond acceptors (Lipinski definition) is 4. The molecule has 0 aromatic heterocycles. The molecule has 0 fully saturated rings. The van der Waals surface area contributed by atoms with Crippen molar-refractivity contribution in [3.8, 4) is 11.5 Å². The molecule has 3 rings (SSSR count). The minimum Gasteiger partial charge on any atom is -0.490 e. The van der Waals surface area contributed by atoms with Crippen molar-refractivity contribution in [3.05, 3.63) is 95.1 Å². The maximum atomic E-state index is 11.9. The summed E-state index contributed by atoms with van der Waals surface area (Å²) in [6.45, 7) is 5.13. The molecular weight excluding hydrogens is 376 g/mol. The minimum absolute atomic E-state index is 0.244. The summed E-state index contributed by atoms with van der Waals surface area (Å²) >= 11 is 0. The Kier molecular flexibility index (Phi) is 7.61. The molecule has 0 heterocycles. The van der Waals surface area contributed by atoms with E-state index in [9.17, 15) is 4.79 Å². The van der Waals surface area contributed by atoms with E-state index in [-0.39, 0.29) is 5.91 Å². The Labute approximate surface area is 177 Å². The summed E-state index contributed by atoms with van der Waals surface area (Å²) in [5, 5.41) is 3.99. The van der Waals surface area contributed by atoms with E-state index < -0.39 is 0 Å². The molecule has 0 aliphatic heterocycles. The highest BCUT2D eigenvalue weighted by molar-refractivity contribution is 5.94. The highest BCUT2D eigenvalue weighted by atomic mass is 16.5. The van der Waals surface area contributed by atoms with Crippen molar-refractivity contribution in [2.45, 2.75) is 20.3 Å². The quantitative estimate of drug-likeness (QED) is 0.318. The summed E-state index contributed by atoms with van der Waals surface area (Å²) in [5.41, 5.74) is 6.40. The highest BCUT2D eigenvalue weighted by Crippen LogP contribution is 2.17. The van der Waals surface area contributed by atoms with Crippen molar-refractivity contribution in [3.63, 3.8) is 0 Å². The average Bonchev–Trinajstić information content (AvgIpc) is 2.78. The molecule has 3 aromatic rings. The molecule has 1 N–H and O–H groups in total. The third-order valence-corrected chi connectivity index (χ3v) is 4.44. The number of benzene rings is 3. The van der Waals surface area contributed by atoms with Gasteiger partial charge in [0.1, 0.15) is 24.7 Å². The van der Waals surface area contributed by atoms with Crippen molar-refractivity contribution in [2.75, 3.05) is 13.2 Å². The van der Waals surface area contributed by atoms with Crippen LogP contribution >= 0.6 is 0 Å². The van der Waals surface area contributed by atoms with Crippen molar-refractivity contribution < 1.29 is 14.3 Å². The number of carbonyl (C=O) groups excluding carboxylic acids is 1. The van der Waals surface area contributed by atoms with Gasteiger partial charge in [0.05, 0.1) is 6.21 Å². The minimum atomic E-state index is -0.244. The molecule has 3 aromatic carbocycles. The van der Waals surface area contributed by atoms with Crippen LogP contribution in [0.3, 0.4) is 0 Å². The van der Waals surface area contributed by atoms with Crippen LogP contribution in [-0.4, -0.2) is 25.3 Å². The van der Waals surface area contributed by atoms with Gasteiger partial charge in [0.2, 0.25) is 0 Å². The molecule has 5 heteroatoms. The van der Waals surface area contributed by atoms with Crippen molar-refractivity contribution in [1.29, 1.82) is 0 Å². The lowest BCUT2D eigenvalue weighted by Crippen LogP contribution is -2.17. The van der Waals surface area contributed by atoms with Gasteiger partial charge in [-0.05, 0) is 78.6 Å². The predicted molar refractivity (Wildman–Crippen MR) is 119 cm³/mol. The zero-order valence-corrected chi connectivity index (χ0v) is 17.3. The SMILES string of the molecule is CCc1cc(C)cc(OCCOc2ccc(/C=N\NC(=O)c3ccccc3)cc2)c1. The van der Waals surface area contributed by atoms with E-state index in [1.165, 1.54) is 11.1 Å². The lowest BCUT2D eigenvalue weighted by Gasteiger charge is -2.10. The number of hydrazone groups is 1. The predicted octanol–water partition coefficient (Wildman–Crippen LogP) is 4.78. The monoisotopic (exact) mass is 402 g/mol. The molecule has 0 saturated carbocycles. The number of nitrogens with one attached hydrogen (secondary N) is 1. The fourth-order valence-electron chi connectivity index (χ4n) is 2.90. The number of amides is 1. The third-order valence-electron chi connectivity index (χ3n) is 4.44. The molecule has 154 valence electrons. The molecule has 0 atom stereocenters. The van der Waals surface area contributed by atoms with Crippen molar-refractivity contribution in [2.24, 2.45) is 5.10 Å². The molecule has 5 nitrogen and oxygen atoms in total. The Balaban J connectivity index is 1.42. The molecule has 0 aliphatic rings. The van der Waals surface area contributed by atoms with Crippen LogP contribution in [0.25, 0.3) is 0 Å². The summed E-state index contributed by atoms with van der Waals surface area (Å²) in [6, 6.07) is 22.7. The number of carbonyl (C=O) groups is 1. The van der Waals surface area contributed by atoms with Crippen LogP contribution in [0.2, 0.25) is 0 Å². The Morgan fingerprint density at radius 2 is 1.63 bits per heavy atom. The second-order valence-electron chi connectivity index (χ2n) is 6.84. The normalized spacial score (nSPS) is 10.7. The molecule has 0 bridgehead atoms. The molecule has 0 unspecified atom stereocenters. The zero-order chi connectivity index (χ0) is 21.2. The first-order chi connectivity index (χ1) is 14.6. The van der Waals surface area contributed by atoms with Crippen LogP contribution in [0.15, 0.2) is 77.9 Å². The average molecular weight is 402 g/mol. The zero-order valence-electron chi connectivity index (χ0n) is 17.3. The summed E-state index contributed by atoms with van der Waals surface area (Å²) in [4.78, 5) is 11.9. The first kappa shape index (κ1) is 21.1. The fourth-order valence-corrected chi connectivity index (χ4v) is 2.90. The third kappa shape index (κ3) is 6.48. The lowest BCUT2D eigenvalue weighted by molar-refractivity contribution is 0.0955. The summed E-state index contributed by atoms with van der Waals surface area (Å²) in [6.07, 6.45) is 2.58. The van der Waals surface area contributed by atoms with Crippen LogP contribution < -0.4 is 14.9 Å². The molecule has 0 aliphatic carbocycles. The Morgan fingerprint density at radius 3 is 2.33 bits per heavy atom. The number of nitrogens with zero attached hydrogens (tertiary/aromatic N) is 1. The van der Waals surface area contributed by atoms with Crippen LogP contribution in [0.1, 0.15) is 34.0 Å². The Bertz CT molecular complexity index is 983. The number of rotatable bonds is 9. The van der Waals surface area contributed by atoms with Crippen molar-refractivity contribution >= 4 is 12.1 Å². The highest BCUT2D eigenvalue weighted by Gasteiger charge is 2.02. The van der Waals surface area contributed by atoms with Crippen LogP contribution in [0, 0.1) is 6.92 Å². The van der Waals surface area contributed by atoms with Gasteiger partial charge in [0.15, 0.2) is 0 Å². The van der Waals surface area contributed by atoms with Crippen LogP contribution in [0.5, 0.6) is 11.5 Å². The first-order valence-corrected chi connectivity index (χ1v) is 9.98. The largest absolute Gasteiger partial charge is 0.490 e. The Hall–Kier alpha value is -3.60. The van der Waals surface area contributed by atoms with Gasteiger partial charge in [0, 0.05) is 5.56 Å². The second-order valence-corrected chi connectivity index (χ2v) is 6.84. The maximum absolute atomic E-state index is 11.9. The van der Waals surface area contributed by atoms with Gasteiger partial charge in [-0.2, -0.15) is 5.10 Å². The van der Waals surface area contributed by atoms with E-state index in [4.69, 9.17) is 9.47 Å². The molecule has 0 spiro atoms. The number of aryl methyl sites for hydroxylation is 2. The van der Waals surface area contributed by atoms with Gasteiger partial charge < -0.3 is 9.47 Å². The van der Waals surface area contributed by atoms with E-state index >= 15 is 0 Å². The van der Waals surface area contributed by atoms with E-state index in [1.54, 1.807) is 18.3 Å². The number of ether oxygens (including phenoxy) is 2. The molecule has 1 amide bonds. The first-order valence-electron chi connectivity index (χ1n) is 9.98. The van der Waals surface area contributed by atoms with E-state index in [0.29, 0.717) is 18.8 Å². The van der Waals surface area contributed by atoms with Crippen LogP contribution in [-0.2, 0) is 6.42 Å². The van der Waals surface area contributed by atoms with Gasteiger partial charge in [-0.15, -0.1) is 0 Å².